The highest BCUT2D eigenvalue weighted by atomic mass is 79.9. The summed E-state index contributed by atoms with van der Waals surface area (Å²) in [6.45, 7) is 3.91. The molecule has 108 valence electrons. The van der Waals surface area contributed by atoms with Crippen LogP contribution in [0.3, 0.4) is 0 Å². The third kappa shape index (κ3) is 3.79. The lowest BCUT2D eigenvalue weighted by molar-refractivity contribution is 0.0240. The maximum absolute atomic E-state index is 6.38. The molecule has 2 rings (SSSR count). The van der Waals surface area contributed by atoms with E-state index < -0.39 is 0 Å². The van der Waals surface area contributed by atoms with Gasteiger partial charge in [-0.2, -0.15) is 0 Å². The van der Waals surface area contributed by atoms with E-state index in [9.17, 15) is 0 Å². The van der Waals surface area contributed by atoms with Gasteiger partial charge in [0.1, 0.15) is 0 Å². The lowest BCUT2D eigenvalue weighted by Crippen LogP contribution is -2.45. The van der Waals surface area contributed by atoms with Crippen molar-refractivity contribution in [1.29, 1.82) is 0 Å². The topological polar surface area (TPSA) is 38.5 Å². The second-order valence-electron chi connectivity index (χ2n) is 5.19. The van der Waals surface area contributed by atoms with Gasteiger partial charge in [0, 0.05) is 40.0 Å². The third-order valence-corrected chi connectivity index (χ3v) is 5.73. The minimum atomic E-state index is 0.179. The van der Waals surface area contributed by atoms with Gasteiger partial charge in [0.05, 0.1) is 6.04 Å². The molecule has 1 saturated heterocycles. The molecule has 1 aliphatic rings. The number of nitrogens with zero attached hydrogens (tertiary/aromatic N) is 1. The quantitative estimate of drug-likeness (QED) is 0.887. The Morgan fingerprint density at radius 3 is 2.74 bits per heavy atom. The zero-order chi connectivity index (χ0) is 13.8. The summed E-state index contributed by atoms with van der Waals surface area (Å²) in [5.74, 6) is 0. The first-order valence-corrected chi connectivity index (χ1v) is 8.60. The van der Waals surface area contributed by atoms with Crippen molar-refractivity contribution >= 4 is 27.3 Å². The summed E-state index contributed by atoms with van der Waals surface area (Å²) in [4.78, 5) is 3.82. The fourth-order valence-electron chi connectivity index (χ4n) is 2.74. The Morgan fingerprint density at radius 1 is 1.53 bits per heavy atom. The van der Waals surface area contributed by atoms with Crippen LogP contribution in [0, 0.1) is 0 Å². The fraction of sp³-hybridized carbons (Fsp3) is 0.714. The number of ether oxygens (including phenoxy) is 1. The van der Waals surface area contributed by atoms with Crippen molar-refractivity contribution in [3.63, 3.8) is 0 Å². The van der Waals surface area contributed by atoms with Crippen LogP contribution in [-0.2, 0) is 4.74 Å². The van der Waals surface area contributed by atoms with Crippen molar-refractivity contribution in [2.24, 2.45) is 5.73 Å². The standard InChI is InChI=1S/C14H23BrN2OS/c1-3-12(16)14(13-8-10(15)9-19-13)17(2)11-4-6-18-7-5-11/h8-9,11-12,14H,3-7,16H2,1-2H3. The Labute approximate surface area is 128 Å². The first kappa shape index (κ1) is 15.4. The Bertz CT molecular complexity index is 393. The van der Waals surface area contributed by atoms with Gasteiger partial charge in [-0.05, 0) is 48.3 Å². The zero-order valence-electron chi connectivity index (χ0n) is 11.6. The van der Waals surface area contributed by atoms with Gasteiger partial charge in [-0.15, -0.1) is 11.3 Å². The van der Waals surface area contributed by atoms with E-state index in [4.69, 9.17) is 10.5 Å². The van der Waals surface area contributed by atoms with Crippen molar-refractivity contribution < 1.29 is 4.74 Å². The van der Waals surface area contributed by atoms with Crippen LogP contribution in [0.15, 0.2) is 15.9 Å². The van der Waals surface area contributed by atoms with Gasteiger partial charge in [0.15, 0.2) is 0 Å². The summed E-state index contributed by atoms with van der Waals surface area (Å²) in [5.41, 5.74) is 6.38. The molecule has 2 unspecified atom stereocenters. The Hall–Kier alpha value is 0.0600. The molecule has 0 amide bonds. The van der Waals surface area contributed by atoms with Gasteiger partial charge in [-0.1, -0.05) is 6.92 Å². The van der Waals surface area contributed by atoms with Gasteiger partial charge in [0.2, 0.25) is 0 Å². The highest BCUT2D eigenvalue weighted by Gasteiger charge is 2.30. The van der Waals surface area contributed by atoms with Crippen molar-refractivity contribution in [2.75, 3.05) is 20.3 Å². The number of halogens is 1. The summed E-state index contributed by atoms with van der Waals surface area (Å²) in [7, 11) is 2.21. The molecule has 2 atom stereocenters. The second-order valence-corrected chi connectivity index (χ2v) is 7.05. The molecule has 3 nitrogen and oxygen atoms in total. The van der Waals surface area contributed by atoms with E-state index in [0.29, 0.717) is 12.1 Å². The predicted octanol–water partition coefficient (Wildman–Crippen LogP) is 3.40. The van der Waals surface area contributed by atoms with E-state index >= 15 is 0 Å². The molecule has 0 aliphatic carbocycles. The zero-order valence-corrected chi connectivity index (χ0v) is 14.0. The van der Waals surface area contributed by atoms with Crippen LogP contribution in [0.2, 0.25) is 0 Å². The molecule has 1 fully saturated rings. The van der Waals surface area contributed by atoms with E-state index in [-0.39, 0.29) is 6.04 Å². The maximum Gasteiger partial charge on any atom is 0.0593 e. The number of nitrogens with two attached hydrogens (primary N) is 1. The van der Waals surface area contributed by atoms with E-state index in [1.165, 1.54) is 4.88 Å². The average Bonchev–Trinajstić information content (AvgIpc) is 2.86. The summed E-state index contributed by atoms with van der Waals surface area (Å²) in [5, 5.41) is 2.14. The van der Waals surface area contributed by atoms with Gasteiger partial charge in [-0.3, -0.25) is 4.90 Å². The average molecular weight is 347 g/mol. The van der Waals surface area contributed by atoms with E-state index in [1.54, 1.807) is 11.3 Å². The Morgan fingerprint density at radius 2 is 2.21 bits per heavy atom. The van der Waals surface area contributed by atoms with Crippen molar-refractivity contribution in [2.45, 2.75) is 44.3 Å². The summed E-state index contributed by atoms with van der Waals surface area (Å²) in [6, 6.07) is 3.28. The van der Waals surface area contributed by atoms with Crippen LogP contribution < -0.4 is 5.73 Å². The van der Waals surface area contributed by atoms with Crippen LogP contribution in [0.5, 0.6) is 0 Å². The molecule has 19 heavy (non-hydrogen) atoms. The van der Waals surface area contributed by atoms with E-state index in [0.717, 1.165) is 36.9 Å². The number of likely N-dealkylation sites (N-methyl/N-ethyl adjacent to an activating group) is 1. The second kappa shape index (κ2) is 7.18. The van der Waals surface area contributed by atoms with Crippen molar-refractivity contribution in [3.05, 3.63) is 20.8 Å². The minimum absolute atomic E-state index is 0.179. The summed E-state index contributed by atoms with van der Waals surface area (Å²) < 4.78 is 6.62. The Balaban J connectivity index is 2.16. The smallest absolute Gasteiger partial charge is 0.0593 e. The molecule has 0 radical (unpaired) electrons. The molecule has 2 N–H and O–H groups in total. The molecule has 0 bridgehead atoms. The molecular formula is C14H23BrN2OS. The lowest BCUT2D eigenvalue weighted by Gasteiger charge is -2.39. The fourth-order valence-corrected chi connectivity index (χ4v) is 4.41. The maximum atomic E-state index is 6.38. The van der Waals surface area contributed by atoms with Crippen LogP contribution in [-0.4, -0.2) is 37.2 Å². The van der Waals surface area contributed by atoms with Gasteiger partial charge >= 0.3 is 0 Å². The monoisotopic (exact) mass is 346 g/mol. The number of thiophene rings is 1. The highest BCUT2D eigenvalue weighted by molar-refractivity contribution is 9.10. The molecule has 0 aromatic carbocycles. The van der Waals surface area contributed by atoms with Gasteiger partial charge < -0.3 is 10.5 Å². The molecule has 1 aromatic heterocycles. The normalized spacial score (nSPS) is 20.7. The Kier molecular flexibility index (Phi) is 5.84. The first-order valence-electron chi connectivity index (χ1n) is 6.92. The molecule has 0 saturated carbocycles. The van der Waals surface area contributed by atoms with Gasteiger partial charge in [-0.25, -0.2) is 0 Å². The first-order chi connectivity index (χ1) is 9.13. The highest BCUT2D eigenvalue weighted by Crippen LogP contribution is 2.34. The largest absolute Gasteiger partial charge is 0.381 e. The van der Waals surface area contributed by atoms with E-state index in [1.807, 2.05) is 0 Å². The molecule has 1 aliphatic heterocycles. The number of rotatable bonds is 5. The van der Waals surface area contributed by atoms with Gasteiger partial charge in [0.25, 0.3) is 0 Å². The van der Waals surface area contributed by atoms with E-state index in [2.05, 4.69) is 46.2 Å². The third-order valence-electron chi connectivity index (χ3n) is 3.96. The number of hydrogen-bond donors (Lipinski definition) is 1. The van der Waals surface area contributed by atoms with Crippen molar-refractivity contribution in [3.8, 4) is 0 Å². The van der Waals surface area contributed by atoms with Crippen molar-refractivity contribution in [1.82, 2.24) is 4.90 Å². The molecule has 2 heterocycles. The summed E-state index contributed by atoms with van der Waals surface area (Å²) >= 11 is 5.34. The SMILES string of the molecule is CCC(N)C(c1cc(Br)cs1)N(C)C1CCOCC1. The number of hydrogen-bond acceptors (Lipinski definition) is 4. The molecular weight excluding hydrogens is 324 g/mol. The minimum Gasteiger partial charge on any atom is -0.381 e. The van der Waals surface area contributed by atoms with Crippen LogP contribution in [0.4, 0.5) is 0 Å². The van der Waals surface area contributed by atoms with Crippen LogP contribution in [0.1, 0.15) is 37.1 Å². The van der Waals surface area contributed by atoms with Crippen LogP contribution in [0.25, 0.3) is 0 Å². The molecule has 1 aromatic rings. The predicted molar refractivity (Wildman–Crippen MR) is 84.6 cm³/mol. The lowest BCUT2D eigenvalue weighted by atomic mass is 9.99. The van der Waals surface area contributed by atoms with Crippen LogP contribution >= 0.6 is 27.3 Å². The molecule has 0 spiro atoms. The molecule has 5 heteroatoms. The summed E-state index contributed by atoms with van der Waals surface area (Å²) in [6.07, 6.45) is 3.21.